The lowest BCUT2D eigenvalue weighted by Crippen LogP contribution is -2.19. The zero-order valence-corrected chi connectivity index (χ0v) is 11.8. The predicted molar refractivity (Wildman–Crippen MR) is 82.1 cm³/mol. The fraction of sp³-hybridized carbons (Fsp3) is 0.133. The summed E-state index contributed by atoms with van der Waals surface area (Å²) in [5.74, 6) is -0.181. The number of fused-ring (bicyclic) bond motifs is 1. The van der Waals surface area contributed by atoms with Crippen molar-refractivity contribution in [2.45, 2.75) is 13.0 Å². The van der Waals surface area contributed by atoms with E-state index in [1.807, 2.05) is 30.3 Å². The molecule has 0 spiro atoms. The Balaban J connectivity index is 1.53. The number of hydrogen-bond donors (Lipinski definition) is 1. The highest BCUT2D eigenvalue weighted by atomic mass is 16.2. The third-order valence-corrected chi connectivity index (χ3v) is 3.06. The minimum absolute atomic E-state index is 0.181. The number of amides is 1. The molecule has 1 N–H and O–H groups in total. The number of rotatable bonds is 5. The molecule has 0 aliphatic heterocycles. The van der Waals surface area contributed by atoms with Crippen LogP contribution in [0, 0.1) is 0 Å². The van der Waals surface area contributed by atoms with Gasteiger partial charge >= 0.3 is 0 Å². The summed E-state index contributed by atoms with van der Waals surface area (Å²) in [6.07, 6.45) is 5.17. The van der Waals surface area contributed by atoms with E-state index in [9.17, 15) is 4.79 Å². The first kappa shape index (κ1) is 13.9. The molecule has 0 aliphatic carbocycles. The van der Waals surface area contributed by atoms with Crippen LogP contribution in [0.5, 0.6) is 0 Å². The number of nitrogens with zero attached hydrogens (tertiary/aromatic N) is 5. The molecular weight excluding hydrogens is 280 g/mol. The quantitative estimate of drug-likeness (QED) is 0.569. The monoisotopic (exact) mass is 294 g/mol. The van der Waals surface area contributed by atoms with Gasteiger partial charge in [-0.15, -0.1) is 5.10 Å². The maximum Gasteiger partial charge on any atom is 0.241 e. The van der Waals surface area contributed by atoms with Crippen LogP contribution >= 0.6 is 0 Å². The van der Waals surface area contributed by atoms with E-state index in [4.69, 9.17) is 0 Å². The number of carbonyl (C=O) groups is 1. The molecular formula is C15H14N6O. The smallest absolute Gasteiger partial charge is 0.241 e. The van der Waals surface area contributed by atoms with Crippen LogP contribution in [-0.4, -0.2) is 32.1 Å². The molecule has 0 unspecified atom stereocenters. The van der Waals surface area contributed by atoms with Crippen molar-refractivity contribution in [2.75, 3.05) is 0 Å². The van der Waals surface area contributed by atoms with E-state index in [0.717, 1.165) is 16.6 Å². The fourth-order valence-corrected chi connectivity index (χ4v) is 1.98. The summed E-state index contributed by atoms with van der Waals surface area (Å²) >= 11 is 0. The molecule has 22 heavy (non-hydrogen) atoms. The Morgan fingerprint density at radius 2 is 2.18 bits per heavy atom. The molecule has 1 aromatic carbocycles. The standard InChI is InChI=1S/C15H14N6O/c22-15(19-17-11-12-4-3-8-16-10-12)7-9-21-14-6-2-1-5-13(14)18-20-21/h1-6,8,10-11H,7,9H2,(H,19,22)/b17-11+. The number of hydrazone groups is 1. The molecule has 7 heteroatoms. The van der Waals surface area contributed by atoms with Gasteiger partial charge in [-0.25, -0.2) is 10.1 Å². The number of aryl methyl sites for hydroxylation is 1. The average molecular weight is 294 g/mol. The van der Waals surface area contributed by atoms with Crippen LogP contribution in [0.2, 0.25) is 0 Å². The summed E-state index contributed by atoms with van der Waals surface area (Å²) in [5, 5.41) is 12.0. The number of aromatic nitrogens is 4. The molecule has 0 saturated heterocycles. The van der Waals surface area contributed by atoms with Crippen molar-refractivity contribution < 1.29 is 4.79 Å². The molecule has 2 aromatic heterocycles. The van der Waals surface area contributed by atoms with Crippen molar-refractivity contribution in [3.63, 3.8) is 0 Å². The van der Waals surface area contributed by atoms with Gasteiger partial charge in [0.25, 0.3) is 0 Å². The van der Waals surface area contributed by atoms with E-state index in [1.165, 1.54) is 0 Å². The molecule has 0 atom stereocenters. The molecule has 0 bridgehead atoms. The molecule has 3 aromatic rings. The molecule has 2 heterocycles. The average Bonchev–Trinajstić information content (AvgIpc) is 2.97. The summed E-state index contributed by atoms with van der Waals surface area (Å²) in [6.45, 7) is 0.453. The van der Waals surface area contributed by atoms with Gasteiger partial charge in [-0.3, -0.25) is 9.78 Å². The second-order valence-corrected chi connectivity index (χ2v) is 4.63. The van der Waals surface area contributed by atoms with Crippen LogP contribution in [0.15, 0.2) is 53.9 Å². The van der Waals surface area contributed by atoms with Crippen molar-refractivity contribution in [1.82, 2.24) is 25.4 Å². The van der Waals surface area contributed by atoms with Crippen molar-refractivity contribution >= 4 is 23.2 Å². The summed E-state index contributed by atoms with van der Waals surface area (Å²) in [4.78, 5) is 15.7. The van der Waals surface area contributed by atoms with Crippen LogP contribution in [0.3, 0.4) is 0 Å². The molecule has 0 saturated carbocycles. The first-order valence-corrected chi connectivity index (χ1v) is 6.83. The van der Waals surface area contributed by atoms with Crippen molar-refractivity contribution in [2.24, 2.45) is 5.10 Å². The van der Waals surface area contributed by atoms with Gasteiger partial charge in [0.05, 0.1) is 18.3 Å². The van der Waals surface area contributed by atoms with Gasteiger partial charge in [-0.1, -0.05) is 23.4 Å². The zero-order valence-electron chi connectivity index (χ0n) is 11.8. The lowest BCUT2D eigenvalue weighted by molar-refractivity contribution is -0.121. The summed E-state index contributed by atoms with van der Waals surface area (Å²) in [7, 11) is 0. The third-order valence-electron chi connectivity index (χ3n) is 3.06. The van der Waals surface area contributed by atoms with Gasteiger partial charge in [-0.2, -0.15) is 5.10 Å². The molecule has 0 radical (unpaired) electrons. The Kier molecular flexibility index (Phi) is 4.15. The number of carbonyl (C=O) groups excluding carboxylic acids is 1. The Morgan fingerprint density at radius 1 is 1.27 bits per heavy atom. The molecule has 0 aliphatic rings. The fourth-order valence-electron chi connectivity index (χ4n) is 1.98. The Hall–Kier alpha value is -3.09. The molecule has 7 nitrogen and oxygen atoms in total. The van der Waals surface area contributed by atoms with Gasteiger partial charge in [0, 0.05) is 24.4 Å². The van der Waals surface area contributed by atoms with Crippen LogP contribution < -0.4 is 5.43 Å². The highest BCUT2D eigenvalue weighted by molar-refractivity contribution is 5.82. The van der Waals surface area contributed by atoms with E-state index in [2.05, 4.69) is 25.8 Å². The minimum atomic E-state index is -0.181. The van der Waals surface area contributed by atoms with E-state index >= 15 is 0 Å². The molecule has 0 fully saturated rings. The van der Waals surface area contributed by atoms with E-state index in [-0.39, 0.29) is 12.3 Å². The van der Waals surface area contributed by atoms with Gasteiger partial charge in [0.2, 0.25) is 5.91 Å². The van der Waals surface area contributed by atoms with Crippen LogP contribution in [0.25, 0.3) is 11.0 Å². The molecule has 3 rings (SSSR count). The van der Waals surface area contributed by atoms with Crippen LogP contribution in [0.1, 0.15) is 12.0 Å². The SMILES string of the molecule is O=C(CCn1nnc2ccccc21)N/N=C/c1cccnc1. The Labute approximate surface area is 126 Å². The second-order valence-electron chi connectivity index (χ2n) is 4.63. The number of hydrogen-bond acceptors (Lipinski definition) is 5. The Bertz CT molecular complexity index is 796. The summed E-state index contributed by atoms with van der Waals surface area (Å²) in [6, 6.07) is 11.3. The summed E-state index contributed by atoms with van der Waals surface area (Å²) < 4.78 is 1.71. The lowest BCUT2D eigenvalue weighted by atomic mass is 10.3. The van der Waals surface area contributed by atoms with Crippen molar-refractivity contribution in [3.05, 3.63) is 54.4 Å². The number of nitrogens with one attached hydrogen (secondary N) is 1. The van der Waals surface area contributed by atoms with E-state index < -0.39 is 0 Å². The normalized spacial score (nSPS) is 11.1. The first-order chi connectivity index (χ1) is 10.8. The topological polar surface area (TPSA) is 85.1 Å². The van der Waals surface area contributed by atoms with Gasteiger partial charge in [-0.05, 0) is 18.2 Å². The van der Waals surface area contributed by atoms with Gasteiger partial charge in [0.1, 0.15) is 5.52 Å². The van der Waals surface area contributed by atoms with E-state index in [0.29, 0.717) is 6.54 Å². The molecule has 1 amide bonds. The van der Waals surface area contributed by atoms with Crippen molar-refractivity contribution in [3.8, 4) is 0 Å². The van der Waals surface area contributed by atoms with Gasteiger partial charge < -0.3 is 0 Å². The second kappa shape index (κ2) is 6.57. The van der Waals surface area contributed by atoms with Crippen LogP contribution in [0.4, 0.5) is 0 Å². The van der Waals surface area contributed by atoms with E-state index in [1.54, 1.807) is 29.4 Å². The number of pyridine rings is 1. The van der Waals surface area contributed by atoms with Crippen LogP contribution in [-0.2, 0) is 11.3 Å². The number of para-hydroxylation sites is 1. The van der Waals surface area contributed by atoms with Crippen molar-refractivity contribution in [1.29, 1.82) is 0 Å². The molecule has 110 valence electrons. The highest BCUT2D eigenvalue weighted by Crippen LogP contribution is 2.09. The largest absolute Gasteiger partial charge is 0.273 e. The maximum atomic E-state index is 11.8. The Morgan fingerprint density at radius 3 is 3.05 bits per heavy atom. The number of benzene rings is 1. The maximum absolute atomic E-state index is 11.8. The van der Waals surface area contributed by atoms with Gasteiger partial charge in [0.15, 0.2) is 0 Å². The zero-order chi connectivity index (χ0) is 15.2. The third kappa shape index (κ3) is 3.32. The highest BCUT2D eigenvalue weighted by Gasteiger charge is 2.05. The summed E-state index contributed by atoms with van der Waals surface area (Å²) in [5.41, 5.74) is 5.04. The minimum Gasteiger partial charge on any atom is -0.273 e. The first-order valence-electron chi connectivity index (χ1n) is 6.83. The predicted octanol–water partition coefficient (Wildman–Crippen LogP) is 1.37. The lowest BCUT2D eigenvalue weighted by Gasteiger charge is -2.01.